The van der Waals surface area contributed by atoms with Crippen molar-refractivity contribution in [3.63, 3.8) is 0 Å². The first-order valence-electron chi connectivity index (χ1n) is 7.20. The van der Waals surface area contributed by atoms with Crippen molar-refractivity contribution in [1.82, 2.24) is 4.98 Å². The molecule has 1 N–H and O–H groups in total. The molecule has 2 aromatic rings. The molecule has 1 heterocycles. The smallest absolute Gasteiger partial charge is 0.245 e. The number of carbonyl (C=O) groups excluding carboxylic acids is 1. The highest BCUT2D eigenvalue weighted by molar-refractivity contribution is 6.30. The Bertz CT molecular complexity index is 623. The molecule has 0 aliphatic heterocycles. The molecule has 4 nitrogen and oxygen atoms in total. The van der Waals surface area contributed by atoms with Gasteiger partial charge in [-0.25, -0.2) is 4.98 Å². The van der Waals surface area contributed by atoms with Gasteiger partial charge in [0.05, 0.1) is 11.6 Å². The normalized spacial score (nSPS) is 10.6. The number of pyridine rings is 1. The van der Waals surface area contributed by atoms with Crippen LogP contribution in [0.15, 0.2) is 42.6 Å². The number of halogens is 1. The molecule has 0 unspecified atom stereocenters. The molecule has 2 rings (SSSR count). The zero-order valence-corrected chi connectivity index (χ0v) is 13.8. The van der Waals surface area contributed by atoms with Gasteiger partial charge in [-0.2, -0.15) is 0 Å². The Morgan fingerprint density at radius 2 is 1.91 bits per heavy atom. The molecule has 0 radical (unpaired) electrons. The van der Waals surface area contributed by atoms with Crippen LogP contribution >= 0.6 is 11.6 Å². The molecule has 1 amide bonds. The molecule has 22 heavy (non-hydrogen) atoms. The highest BCUT2D eigenvalue weighted by atomic mass is 35.5. The number of anilines is 2. The van der Waals surface area contributed by atoms with E-state index in [4.69, 9.17) is 11.6 Å². The molecule has 1 aromatic heterocycles. The van der Waals surface area contributed by atoms with Crippen LogP contribution < -0.4 is 10.2 Å². The third-order valence-electron chi connectivity index (χ3n) is 3.30. The summed E-state index contributed by atoms with van der Waals surface area (Å²) in [6.07, 6.45) is 1.51. The first-order valence-corrected chi connectivity index (χ1v) is 7.58. The minimum Gasteiger partial charge on any atom is -0.360 e. The van der Waals surface area contributed by atoms with E-state index < -0.39 is 0 Å². The fraction of sp³-hybridized carbons (Fsp3) is 0.294. The van der Waals surface area contributed by atoms with E-state index in [0.29, 0.717) is 10.8 Å². The lowest BCUT2D eigenvalue weighted by Crippen LogP contribution is -2.38. The van der Waals surface area contributed by atoms with E-state index in [-0.39, 0.29) is 18.5 Å². The number of hydrogen-bond acceptors (Lipinski definition) is 3. The summed E-state index contributed by atoms with van der Waals surface area (Å²) in [5.41, 5.74) is 2.22. The van der Waals surface area contributed by atoms with E-state index in [1.54, 1.807) is 12.1 Å². The third kappa shape index (κ3) is 4.46. The fourth-order valence-corrected chi connectivity index (χ4v) is 2.21. The average molecular weight is 318 g/mol. The maximum atomic E-state index is 12.2. The van der Waals surface area contributed by atoms with Crippen LogP contribution in [-0.4, -0.2) is 23.5 Å². The summed E-state index contributed by atoms with van der Waals surface area (Å²) in [4.78, 5) is 18.3. The lowest BCUT2D eigenvalue weighted by Gasteiger charge is -2.28. The van der Waals surface area contributed by atoms with Gasteiger partial charge in [0.25, 0.3) is 0 Å². The van der Waals surface area contributed by atoms with Crippen molar-refractivity contribution in [3.8, 4) is 0 Å². The third-order valence-corrected chi connectivity index (χ3v) is 3.52. The number of nitrogens with one attached hydrogen (secondary N) is 1. The lowest BCUT2D eigenvalue weighted by molar-refractivity contribution is -0.115. The summed E-state index contributed by atoms with van der Waals surface area (Å²) in [5, 5.41) is 3.33. The highest BCUT2D eigenvalue weighted by Gasteiger charge is 2.15. The van der Waals surface area contributed by atoms with E-state index in [1.807, 2.05) is 36.1 Å². The van der Waals surface area contributed by atoms with Gasteiger partial charge in [-0.15, -0.1) is 0 Å². The lowest BCUT2D eigenvalue weighted by atomic mass is 10.2. The summed E-state index contributed by atoms with van der Waals surface area (Å²) in [5.74, 6) is 0.395. The van der Waals surface area contributed by atoms with E-state index in [2.05, 4.69) is 24.1 Å². The average Bonchev–Trinajstić information content (AvgIpc) is 2.48. The number of nitrogens with zero attached hydrogens (tertiary/aromatic N) is 2. The Labute approximate surface area is 136 Å². The molecule has 0 atom stereocenters. The van der Waals surface area contributed by atoms with Crippen LogP contribution in [0.4, 0.5) is 11.5 Å². The van der Waals surface area contributed by atoms with Gasteiger partial charge in [0.1, 0.15) is 5.82 Å². The van der Waals surface area contributed by atoms with Crippen molar-refractivity contribution < 1.29 is 4.79 Å². The van der Waals surface area contributed by atoms with Gasteiger partial charge >= 0.3 is 0 Å². The molecule has 0 saturated carbocycles. The molecule has 0 saturated heterocycles. The molecular formula is C17H20ClN3O. The number of aryl methyl sites for hydroxylation is 1. The van der Waals surface area contributed by atoms with Crippen molar-refractivity contribution in [2.45, 2.75) is 26.8 Å². The van der Waals surface area contributed by atoms with Gasteiger partial charge in [0, 0.05) is 17.9 Å². The number of aromatic nitrogens is 1. The second-order valence-corrected chi connectivity index (χ2v) is 5.90. The molecule has 0 aliphatic rings. The van der Waals surface area contributed by atoms with E-state index in [0.717, 1.165) is 5.69 Å². The minimum absolute atomic E-state index is 0.107. The number of hydrogen-bond donors (Lipinski definition) is 1. The standard InChI is InChI=1S/C17H20ClN3O/c1-12(2)21(15-7-4-13(3)5-8-15)11-17(22)20-16-9-6-14(18)10-19-16/h4-10,12H,11H2,1-3H3,(H,19,20,22). The largest absolute Gasteiger partial charge is 0.360 e. The Morgan fingerprint density at radius 1 is 1.23 bits per heavy atom. The van der Waals surface area contributed by atoms with Gasteiger partial charge < -0.3 is 10.2 Å². The fourth-order valence-electron chi connectivity index (χ4n) is 2.10. The summed E-state index contributed by atoms with van der Waals surface area (Å²) in [7, 11) is 0. The number of rotatable bonds is 5. The van der Waals surface area contributed by atoms with Crippen LogP contribution in [0.25, 0.3) is 0 Å². The Hall–Kier alpha value is -2.07. The van der Waals surface area contributed by atoms with Crippen LogP contribution in [0.5, 0.6) is 0 Å². The van der Waals surface area contributed by atoms with Gasteiger partial charge in [0.2, 0.25) is 5.91 Å². The summed E-state index contributed by atoms with van der Waals surface area (Å²) in [6, 6.07) is 11.8. The Morgan fingerprint density at radius 3 is 2.45 bits per heavy atom. The van der Waals surface area contributed by atoms with Gasteiger partial charge in [-0.3, -0.25) is 4.79 Å². The molecular weight excluding hydrogens is 298 g/mol. The quantitative estimate of drug-likeness (QED) is 0.909. The first-order chi connectivity index (χ1) is 10.5. The minimum atomic E-state index is -0.107. The molecule has 5 heteroatoms. The summed E-state index contributed by atoms with van der Waals surface area (Å²) < 4.78 is 0. The van der Waals surface area contributed by atoms with Crippen LogP contribution in [0, 0.1) is 6.92 Å². The van der Waals surface area contributed by atoms with E-state index in [9.17, 15) is 4.79 Å². The van der Waals surface area contributed by atoms with Crippen molar-refractivity contribution in [3.05, 3.63) is 53.2 Å². The molecule has 1 aromatic carbocycles. The van der Waals surface area contributed by atoms with Gasteiger partial charge in [0.15, 0.2) is 0 Å². The maximum absolute atomic E-state index is 12.2. The second kappa shape index (κ2) is 7.27. The summed E-state index contributed by atoms with van der Waals surface area (Å²) >= 11 is 5.78. The first kappa shape index (κ1) is 16.3. The van der Waals surface area contributed by atoms with Crippen LogP contribution in [-0.2, 0) is 4.79 Å². The van der Waals surface area contributed by atoms with Crippen molar-refractivity contribution in [2.24, 2.45) is 0 Å². The second-order valence-electron chi connectivity index (χ2n) is 5.47. The zero-order valence-electron chi connectivity index (χ0n) is 13.0. The maximum Gasteiger partial charge on any atom is 0.245 e. The van der Waals surface area contributed by atoms with Crippen LogP contribution in [0.1, 0.15) is 19.4 Å². The Kier molecular flexibility index (Phi) is 5.39. The number of amides is 1. The van der Waals surface area contributed by atoms with Crippen molar-refractivity contribution in [2.75, 3.05) is 16.8 Å². The van der Waals surface area contributed by atoms with Crippen molar-refractivity contribution >= 4 is 29.0 Å². The molecule has 116 valence electrons. The predicted octanol–water partition coefficient (Wildman–Crippen LogP) is 3.90. The SMILES string of the molecule is Cc1ccc(N(CC(=O)Nc2ccc(Cl)cn2)C(C)C)cc1. The predicted molar refractivity (Wildman–Crippen MR) is 91.5 cm³/mol. The van der Waals surface area contributed by atoms with Crippen molar-refractivity contribution in [1.29, 1.82) is 0 Å². The number of benzene rings is 1. The van der Waals surface area contributed by atoms with E-state index >= 15 is 0 Å². The Balaban J connectivity index is 2.05. The molecule has 0 spiro atoms. The summed E-state index contributed by atoms with van der Waals surface area (Å²) in [6.45, 7) is 6.44. The topological polar surface area (TPSA) is 45.2 Å². The highest BCUT2D eigenvalue weighted by Crippen LogP contribution is 2.18. The molecule has 0 aliphatic carbocycles. The monoisotopic (exact) mass is 317 g/mol. The van der Waals surface area contributed by atoms with Crippen LogP contribution in [0.2, 0.25) is 5.02 Å². The number of carbonyl (C=O) groups is 1. The van der Waals surface area contributed by atoms with Gasteiger partial charge in [-0.05, 0) is 45.0 Å². The molecule has 0 fully saturated rings. The van der Waals surface area contributed by atoms with E-state index in [1.165, 1.54) is 11.8 Å². The van der Waals surface area contributed by atoms with Gasteiger partial charge in [-0.1, -0.05) is 29.3 Å². The van der Waals surface area contributed by atoms with Crippen LogP contribution in [0.3, 0.4) is 0 Å². The molecule has 0 bridgehead atoms. The zero-order chi connectivity index (χ0) is 16.1.